The number of aliphatic hydroxyl groups is 1. The second kappa shape index (κ2) is 9.77. The Morgan fingerprint density at radius 2 is 1.88 bits per heavy atom. The highest BCUT2D eigenvalue weighted by Crippen LogP contribution is 2.35. The molecule has 2 saturated heterocycles. The van der Waals surface area contributed by atoms with Gasteiger partial charge in [0, 0.05) is 38.2 Å². The molecule has 1 atom stereocenters. The van der Waals surface area contributed by atoms with E-state index in [1.54, 1.807) is 18.4 Å². The molecule has 2 fully saturated rings. The van der Waals surface area contributed by atoms with Crippen LogP contribution in [0.25, 0.3) is 0 Å². The molecule has 1 N–H and O–H groups in total. The van der Waals surface area contributed by atoms with Gasteiger partial charge in [-0.1, -0.05) is 12.1 Å². The first kappa shape index (κ1) is 23.6. The quantitative estimate of drug-likeness (QED) is 0.657. The van der Waals surface area contributed by atoms with Crippen LogP contribution in [0.5, 0.6) is 0 Å². The highest BCUT2D eigenvalue weighted by Gasteiger charge is 2.36. The average Bonchev–Trinajstić information content (AvgIpc) is 3.41. The Hall–Kier alpha value is -1.52. The minimum atomic E-state index is -4.31. The summed E-state index contributed by atoms with van der Waals surface area (Å²) >= 11 is 1.60. The molecule has 3 heterocycles. The van der Waals surface area contributed by atoms with Crippen LogP contribution in [-0.4, -0.2) is 59.3 Å². The van der Waals surface area contributed by atoms with Crippen molar-refractivity contribution in [3.05, 3.63) is 51.5 Å². The van der Waals surface area contributed by atoms with Crippen molar-refractivity contribution in [1.29, 1.82) is 0 Å². The topological polar surface area (TPSA) is 48.8 Å². The molecule has 4 rings (SSSR count). The number of thiazole rings is 1. The minimum absolute atomic E-state index is 0.434. The fraction of sp³-hybridized carbons (Fsp3) is 0.609. The minimum Gasteiger partial charge on any atom is -0.383 e. The van der Waals surface area contributed by atoms with Crippen molar-refractivity contribution in [3.63, 3.8) is 0 Å². The van der Waals surface area contributed by atoms with Crippen LogP contribution in [0.15, 0.2) is 29.6 Å². The summed E-state index contributed by atoms with van der Waals surface area (Å²) in [5.41, 5.74) is 0.0170. The number of benzene rings is 1. The van der Waals surface area contributed by atoms with Crippen LogP contribution in [0.1, 0.15) is 47.5 Å². The summed E-state index contributed by atoms with van der Waals surface area (Å²) in [6.07, 6.45) is -0.874. The lowest BCUT2D eigenvalue weighted by atomic mass is 9.88. The van der Waals surface area contributed by atoms with Crippen LogP contribution in [0.4, 0.5) is 13.2 Å². The van der Waals surface area contributed by atoms with Gasteiger partial charge in [-0.25, -0.2) is 4.98 Å². The summed E-state index contributed by atoms with van der Waals surface area (Å²) in [6, 6.07) is 5.76. The number of aromatic nitrogens is 1. The monoisotopic (exact) mass is 469 g/mol. The van der Waals surface area contributed by atoms with Crippen LogP contribution in [-0.2, 0) is 29.6 Å². The van der Waals surface area contributed by atoms with Crippen LogP contribution in [0.2, 0.25) is 0 Å². The van der Waals surface area contributed by atoms with E-state index in [-0.39, 0.29) is 0 Å². The predicted octanol–water partition coefficient (Wildman–Crippen LogP) is 4.26. The Morgan fingerprint density at radius 3 is 2.53 bits per heavy atom. The van der Waals surface area contributed by atoms with Crippen molar-refractivity contribution in [2.45, 2.75) is 56.6 Å². The van der Waals surface area contributed by atoms with Gasteiger partial charge in [0.05, 0.1) is 24.4 Å². The molecule has 2 aromatic rings. The maximum Gasteiger partial charge on any atom is 0.416 e. The first-order valence-electron chi connectivity index (χ1n) is 11.1. The van der Waals surface area contributed by atoms with Gasteiger partial charge in [0.1, 0.15) is 10.6 Å². The summed E-state index contributed by atoms with van der Waals surface area (Å²) in [7, 11) is 1.73. The van der Waals surface area contributed by atoms with Gasteiger partial charge in [0.2, 0.25) is 0 Å². The molecule has 0 radical (unpaired) electrons. The summed E-state index contributed by atoms with van der Waals surface area (Å²) in [5.74, 6) is 0. The summed E-state index contributed by atoms with van der Waals surface area (Å²) in [4.78, 5) is 9.34. The van der Waals surface area contributed by atoms with Crippen LogP contribution in [0.3, 0.4) is 0 Å². The zero-order chi connectivity index (χ0) is 22.8. The lowest BCUT2D eigenvalue weighted by molar-refractivity contribution is -0.137. The number of methoxy groups -OCH3 is 1. The van der Waals surface area contributed by atoms with Crippen LogP contribution < -0.4 is 0 Å². The van der Waals surface area contributed by atoms with E-state index in [2.05, 4.69) is 9.80 Å². The molecular formula is C23H30F3N3O2S. The first-order chi connectivity index (χ1) is 15.3. The van der Waals surface area contributed by atoms with E-state index in [0.29, 0.717) is 38.5 Å². The molecule has 0 aliphatic carbocycles. The Kier molecular flexibility index (Phi) is 7.21. The molecule has 0 spiro atoms. The lowest BCUT2D eigenvalue weighted by Crippen LogP contribution is -2.42. The number of hydrogen-bond donors (Lipinski definition) is 1. The van der Waals surface area contributed by atoms with E-state index >= 15 is 0 Å². The second-order valence-electron chi connectivity index (χ2n) is 8.85. The molecule has 32 heavy (non-hydrogen) atoms. The number of halogens is 3. The number of nitrogens with zero attached hydrogens (tertiary/aromatic N) is 3. The largest absolute Gasteiger partial charge is 0.416 e. The summed E-state index contributed by atoms with van der Waals surface area (Å²) in [5, 5.41) is 14.2. The van der Waals surface area contributed by atoms with Crippen molar-refractivity contribution in [3.8, 4) is 0 Å². The number of piperidine rings is 1. The van der Waals surface area contributed by atoms with Crippen molar-refractivity contribution < 1.29 is 23.0 Å². The van der Waals surface area contributed by atoms with Crippen molar-refractivity contribution in [1.82, 2.24) is 14.8 Å². The first-order valence-corrected chi connectivity index (χ1v) is 11.9. The fourth-order valence-electron chi connectivity index (χ4n) is 4.65. The highest BCUT2D eigenvalue weighted by molar-refractivity contribution is 7.09. The van der Waals surface area contributed by atoms with E-state index in [1.807, 2.05) is 5.38 Å². The van der Waals surface area contributed by atoms with Gasteiger partial charge < -0.3 is 9.84 Å². The van der Waals surface area contributed by atoms with Gasteiger partial charge in [0.15, 0.2) is 0 Å². The molecule has 1 aromatic carbocycles. The lowest BCUT2D eigenvalue weighted by Gasteiger charge is -2.37. The highest BCUT2D eigenvalue weighted by atomic mass is 32.1. The Morgan fingerprint density at radius 1 is 1.16 bits per heavy atom. The van der Waals surface area contributed by atoms with Gasteiger partial charge >= 0.3 is 6.18 Å². The average molecular weight is 470 g/mol. The molecule has 0 bridgehead atoms. The SMILES string of the molecule is COC[C@H]1CCCN1Cc1nc(C2(O)CCN(Cc3ccc(C(F)(F)F)cc3)CC2)cs1. The molecule has 9 heteroatoms. The molecule has 0 amide bonds. The molecule has 0 saturated carbocycles. The van der Waals surface area contributed by atoms with Gasteiger partial charge in [-0.3, -0.25) is 9.80 Å². The Labute approximate surface area is 190 Å². The molecule has 5 nitrogen and oxygen atoms in total. The Balaban J connectivity index is 1.31. The number of likely N-dealkylation sites (tertiary alicyclic amines) is 2. The van der Waals surface area contributed by atoms with E-state index < -0.39 is 17.3 Å². The van der Waals surface area contributed by atoms with E-state index in [0.717, 1.165) is 54.5 Å². The van der Waals surface area contributed by atoms with Gasteiger partial charge in [-0.15, -0.1) is 11.3 Å². The van der Waals surface area contributed by atoms with Crippen molar-refractivity contribution in [2.75, 3.05) is 33.4 Å². The van der Waals surface area contributed by atoms with E-state index in [1.165, 1.54) is 18.6 Å². The molecule has 1 aromatic heterocycles. The molecule has 0 unspecified atom stereocenters. The van der Waals surface area contributed by atoms with Gasteiger partial charge in [-0.2, -0.15) is 13.2 Å². The third kappa shape index (κ3) is 5.51. The van der Waals surface area contributed by atoms with Crippen LogP contribution >= 0.6 is 11.3 Å². The fourth-order valence-corrected chi connectivity index (χ4v) is 5.56. The van der Waals surface area contributed by atoms with E-state index in [9.17, 15) is 18.3 Å². The smallest absolute Gasteiger partial charge is 0.383 e. The molecule has 176 valence electrons. The third-order valence-electron chi connectivity index (χ3n) is 6.60. The maximum atomic E-state index is 12.7. The predicted molar refractivity (Wildman–Crippen MR) is 117 cm³/mol. The maximum absolute atomic E-state index is 12.7. The third-order valence-corrected chi connectivity index (χ3v) is 7.43. The van der Waals surface area contributed by atoms with E-state index in [4.69, 9.17) is 9.72 Å². The van der Waals surface area contributed by atoms with Gasteiger partial charge in [-0.05, 0) is 49.9 Å². The zero-order valence-electron chi connectivity index (χ0n) is 18.3. The normalized spacial score (nSPS) is 22.5. The number of rotatable bonds is 7. The van der Waals surface area contributed by atoms with Crippen molar-refractivity contribution in [2.24, 2.45) is 0 Å². The molecular weight excluding hydrogens is 439 g/mol. The standard InChI is InChI=1S/C23H30F3N3O2S/c1-31-15-19-3-2-10-29(19)14-21-27-20(16-32-21)22(30)8-11-28(12-9-22)13-17-4-6-18(7-5-17)23(24,25)26/h4-7,16,19,30H,2-3,8-15H2,1H3/t19-/m1/s1. The number of alkyl halides is 3. The second-order valence-corrected chi connectivity index (χ2v) is 9.79. The van der Waals surface area contributed by atoms with Crippen molar-refractivity contribution >= 4 is 11.3 Å². The number of hydrogen-bond acceptors (Lipinski definition) is 6. The molecule has 2 aliphatic heterocycles. The van der Waals surface area contributed by atoms with Gasteiger partial charge in [0.25, 0.3) is 0 Å². The van der Waals surface area contributed by atoms with Crippen LogP contribution in [0, 0.1) is 0 Å². The Bertz CT molecular complexity index is 879. The number of ether oxygens (including phenoxy) is 1. The molecule has 2 aliphatic rings. The summed E-state index contributed by atoms with van der Waals surface area (Å²) in [6.45, 7) is 4.49. The summed E-state index contributed by atoms with van der Waals surface area (Å²) < 4.78 is 43.6. The zero-order valence-corrected chi connectivity index (χ0v) is 19.1.